The smallest absolute Gasteiger partial charge is 0.0989 e. The summed E-state index contributed by atoms with van der Waals surface area (Å²) in [6, 6.07) is 0. The lowest BCUT2D eigenvalue weighted by molar-refractivity contribution is 0.473. The first-order valence-electron chi connectivity index (χ1n) is 14.7. The predicted octanol–water partition coefficient (Wildman–Crippen LogP) is 8.97. The van der Waals surface area contributed by atoms with Crippen molar-refractivity contribution < 1.29 is 0 Å². The molecular formula is C34H45N3. The molecule has 5 rings (SSSR count). The van der Waals surface area contributed by atoms with Gasteiger partial charge >= 0.3 is 0 Å². The molecule has 1 aromatic rings. The zero-order chi connectivity index (χ0) is 25.9. The van der Waals surface area contributed by atoms with Gasteiger partial charge in [-0.1, -0.05) is 102 Å². The van der Waals surface area contributed by atoms with Crippen LogP contribution in [0.2, 0.25) is 0 Å². The molecule has 4 aliphatic rings. The molecule has 0 radical (unpaired) electrons. The zero-order valence-corrected chi connectivity index (χ0v) is 23.2. The second kappa shape index (κ2) is 10.9. The van der Waals surface area contributed by atoms with Crippen LogP contribution in [0.15, 0.2) is 94.8 Å². The molecule has 1 aromatic heterocycles. The topological polar surface area (TPSA) is 43.8 Å². The van der Waals surface area contributed by atoms with Gasteiger partial charge in [-0.05, 0) is 59.8 Å². The second-order valence-corrected chi connectivity index (χ2v) is 11.9. The first kappa shape index (κ1) is 25.8. The maximum Gasteiger partial charge on any atom is 0.0989 e. The minimum atomic E-state index is -0.147. The SMILES string of the molecule is CCCCCCCCCCCCC1=C2C3=C(C=C[C@]2(C)C(n2ccnc2)=C1)[C@]1(C)CC(N)=CC=C1C=C3. The molecule has 0 aromatic carbocycles. The molecule has 2 N–H and O–H groups in total. The number of unbranched alkanes of at least 4 members (excludes halogenated alkanes) is 9. The largest absolute Gasteiger partial charge is 0.402 e. The van der Waals surface area contributed by atoms with Gasteiger partial charge in [0.05, 0.1) is 11.7 Å². The number of imidazole rings is 1. The number of hydrogen-bond donors (Lipinski definition) is 1. The van der Waals surface area contributed by atoms with Crippen LogP contribution in [0.4, 0.5) is 0 Å². The number of nitrogens with two attached hydrogens (primary N) is 1. The van der Waals surface area contributed by atoms with Crippen molar-refractivity contribution in [2.75, 3.05) is 0 Å². The molecule has 196 valence electrons. The summed E-state index contributed by atoms with van der Waals surface area (Å²) in [5.74, 6) is 0. The highest BCUT2D eigenvalue weighted by Gasteiger charge is 2.46. The third-order valence-electron chi connectivity index (χ3n) is 9.10. The molecule has 0 fully saturated rings. The summed E-state index contributed by atoms with van der Waals surface area (Å²) >= 11 is 0. The summed E-state index contributed by atoms with van der Waals surface area (Å²) in [6.45, 7) is 7.04. The summed E-state index contributed by atoms with van der Waals surface area (Å²) in [4.78, 5) is 4.37. The van der Waals surface area contributed by atoms with Crippen LogP contribution in [-0.4, -0.2) is 9.55 Å². The molecule has 0 amide bonds. The van der Waals surface area contributed by atoms with E-state index in [1.54, 1.807) is 0 Å². The molecule has 4 aliphatic carbocycles. The molecule has 0 bridgehead atoms. The van der Waals surface area contributed by atoms with Gasteiger partial charge in [0.25, 0.3) is 0 Å². The first-order valence-corrected chi connectivity index (χ1v) is 14.7. The normalized spacial score (nSPS) is 26.1. The van der Waals surface area contributed by atoms with Gasteiger partial charge in [-0.25, -0.2) is 4.98 Å². The summed E-state index contributed by atoms with van der Waals surface area (Å²) in [7, 11) is 0. The van der Waals surface area contributed by atoms with Crippen molar-refractivity contribution >= 4 is 5.70 Å². The van der Waals surface area contributed by atoms with Crippen molar-refractivity contribution in [3.8, 4) is 0 Å². The number of rotatable bonds is 12. The summed E-state index contributed by atoms with van der Waals surface area (Å²) < 4.78 is 2.21. The first-order chi connectivity index (χ1) is 18.0. The second-order valence-electron chi connectivity index (χ2n) is 11.9. The van der Waals surface area contributed by atoms with Crippen molar-refractivity contribution in [2.24, 2.45) is 16.6 Å². The Labute approximate surface area is 224 Å². The van der Waals surface area contributed by atoms with Crippen LogP contribution in [0.1, 0.15) is 97.8 Å². The van der Waals surface area contributed by atoms with Crippen LogP contribution in [0.3, 0.4) is 0 Å². The Balaban J connectivity index is 1.34. The van der Waals surface area contributed by atoms with Gasteiger partial charge in [0.15, 0.2) is 0 Å². The minimum Gasteiger partial charge on any atom is -0.402 e. The average molecular weight is 496 g/mol. The molecule has 37 heavy (non-hydrogen) atoms. The number of allylic oxidation sites excluding steroid dienone is 14. The Kier molecular flexibility index (Phi) is 7.60. The van der Waals surface area contributed by atoms with E-state index in [-0.39, 0.29) is 10.8 Å². The van der Waals surface area contributed by atoms with Gasteiger partial charge < -0.3 is 10.3 Å². The monoisotopic (exact) mass is 495 g/mol. The van der Waals surface area contributed by atoms with E-state index in [1.807, 2.05) is 12.5 Å². The fourth-order valence-corrected chi connectivity index (χ4v) is 6.96. The number of hydrogen-bond acceptors (Lipinski definition) is 2. The molecule has 0 spiro atoms. The maximum absolute atomic E-state index is 6.35. The minimum absolute atomic E-state index is 0.0618. The van der Waals surface area contributed by atoms with Crippen molar-refractivity contribution in [1.29, 1.82) is 0 Å². The van der Waals surface area contributed by atoms with Crippen LogP contribution in [0.25, 0.3) is 5.70 Å². The van der Waals surface area contributed by atoms with E-state index in [0.29, 0.717) is 0 Å². The van der Waals surface area contributed by atoms with Gasteiger partial charge in [0.1, 0.15) is 0 Å². The van der Waals surface area contributed by atoms with Gasteiger partial charge in [-0.15, -0.1) is 0 Å². The van der Waals surface area contributed by atoms with Crippen molar-refractivity contribution in [3.05, 3.63) is 94.8 Å². The van der Waals surface area contributed by atoms with Gasteiger partial charge in [-0.3, -0.25) is 0 Å². The Morgan fingerprint density at radius 2 is 1.65 bits per heavy atom. The van der Waals surface area contributed by atoms with E-state index in [1.165, 1.54) is 97.8 Å². The van der Waals surface area contributed by atoms with E-state index in [2.05, 4.69) is 79.1 Å². The summed E-state index contributed by atoms with van der Waals surface area (Å²) in [6.07, 6.45) is 37.9. The average Bonchev–Trinajstić information content (AvgIpc) is 3.50. The van der Waals surface area contributed by atoms with E-state index in [0.717, 1.165) is 18.5 Å². The zero-order valence-electron chi connectivity index (χ0n) is 23.2. The van der Waals surface area contributed by atoms with E-state index >= 15 is 0 Å². The number of aromatic nitrogens is 2. The lowest BCUT2D eigenvalue weighted by Crippen LogP contribution is -2.33. The van der Waals surface area contributed by atoms with Crippen LogP contribution < -0.4 is 5.73 Å². The fourth-order valence-electron chi connectivity index (χ4n) is 6.96. The third-order valence-corrected chi connectivity index (χ3v) is 9.10. The molecule has 0 saturated heterocycles. The highest BCUT2D eigenvalue weighted by Crippen LogP contribution is 2.59. The molecule has 2 atom stereocenters. The van der Waals surface area contributed by atoms with Crippen LogP contribution in [0.5, 0.6) is 0 Å². The Bertz CT molecular complexity index is 1210. The van der Waals surface area contributed by atoms with Crippen LogP contribution >= 0.6 is 0 Å². The highest BCUT2D eigenvalue weighted by molar-refractivity contribution is 5.79. The quantitative estimate of drug-likeness (QED) is 0.294. The Morgan fingerprint density at radius 3 is 2.35 bits per heavy atom. The predicted molar refractivity (Wildman–Crippen MR) is 156 cm³/mol. The fraction of sp³-hybridized carbons (Fsp3) is 0.500. The standard InChI is InChI=1S/C34H45N3/c1-4-5-6-7-8-9-10-11-12-13-14-26-23-31(37-22-21-36-25-37)33(2)20-19-30-29(32(26)33)18-16-27-15-17-28(35)24-34(27,30)3/h15-23,25H,4-14,24,35H2,1-3H3/t33-,34-/m1/s1. The Hall–Kier alpha value is -2.81. The van der Waals surface area contributed by atoms with E-state index in [4.69, 9.17) is 5.73 Å². The molecule has 3 nitrogen and oxygen atoms in total. The Morgan fingerprint density at radius 1 is 0.919 bits per heavy atom. The van der Waals surface area contributed by atoms with Crippen LogP contribution in [0, 0.1) is 10.8 Å². The number of fused-ring (bicyclic) bond motifs is 4. The van der Waals surface area contributed by atoms with Gasteiger partial charge in [0, 0.05) is 35.6 Å². The van der Waals surface area contributed by atoms with Crippen molar-refractivity contribution in [2.45, 2.75) is 97.8 Å². The van der Waals surface area contributed by atoms with Gasteiger partial charge in [0.2, 0.25) is 0 Å². The summed E-state index contributed by atoms with van der Waals surface area (Å²) in [5, 5.41) is 0. The van der Waals surface area contributed by atoms with Crippen molar-refractivity contribution in [1.82, 2.24) is 9.55 Å². The molecule has 0 saturated carbocycles. The highest BCUT2D eigenvalue weighted by atomic mass is 15.0. The van der Waals surface area contributed by atoms with E-state index in [9.17, 15) is 0 Å². The summed E-state index contributed by atoms with van der Waals surface area (Å²) in [5.41, 5.74) is 15.6. The molecule has 1 heterocycles. The lowest BCUT2D eigenvalue weighted by Gasteiger charge is -2.44. The molecule has 0 aliphatic heterocycles. The molecular weight excluding hydrogens is 450 g/mol. The third kappa shape index (κ3) is 4.90. The maximum atomic E-state index is 6.35. The number of nitrogens with zero attached hydrogens (tertiary/aromatic N) is 2. The van der Waals surface area contributed by atoms with Crippen LogP contribution in [-0.2, 0) is 0 Å². The lowest BCUT2D eigenvalue weighted by atomic mass is 9.60. The molecule has 0 unspecified atom stereocenters. The molecule has 3 heteroatoms. The van der Waals surface area contributed by atoms with E-state index < -0.39 is 0 Å². The van der Waals surface area contributed by atoms with Gasteiger partial charge in [-0.2, -0.15) is 0 Å². The van der Waals surface area contributed by atoms with Crippen molar-refractivity contribution in [3.63, 3.8) is 0 Å².